The quantitative estimate of drug-likeness (QED) is 0.571. The van der Waals surface area contributed by atoms with E-state index >= 15 is 0 Å². The fourth-order valence-corrected chi connectivity index (χ4v) is 7.26. The first kappa shape index (κ1) is 18.8. The Morgan fingerprint density at radius 2 is 2.04 bits per heavy atom. The van der Waals surface area contributed by atoms with Gasteiger partial charge in [-0.15, -0.1) is 0 Å². The van der Waals surface area contributed by atoms with E-state index in [0.29, 0.717) is 6.42 Å². The fourth-order valence-electron chi connectivity index (χ4n) is 7.26. The molecule has 0 spiro atoms. The van der Waals surface area contributed by atoms with Crippen molar-refractivity contribution in [3.8, 4) is 0 Å². The van der Waals surface area contributed by atoms with Gasteiger partial charge in [-0.1, -0.05) is 32.4 Å². The number of carbonyl (C=O) groups excluding carboxylic acids is 3. The molecule has 0 bridgehead atoms. The van der Waals surface area contributed by atoms with Crippen LogP contribution < -0.4 is 0 Å². The zero-order chi connectivity index (χ0) is 19.8. The van der Waals surface area contributed by atoms with Crippen LogP contribution >= 0.6 is 0 Å². The molecule has 0 saturated heterocycles. The third-order valence-corrected chi connectivity index (χ3v) is 8.48. The highest BCUT2D eigenvalue weighted by Gasteiger charge is 2.68. The molecule has 0 aliphatic heterocycles. The summed E-state index contributed by atoms with van der Waals surface area (Å²) in [5, 5.41) is 22.4. The number of aliphatic hydroxyl groups excluding tert-OH is 1. The van der Waals surface area contributed by atoms with E-state index in [4.69, 9.17) is 0 Å². The second kappa shape index (κ2) is 5.71. The van der Waals surface area contributed by atoms with Crippen molar-refractivity contribution in [2.75, 3.05) is 0 Å². The van der Waals surface area contributed by atoms with Gasteiger partial charge < -0.3 is 10.2 Å². The third-order valence-electron chi connectivity index (χ3n) is 8.48. The van der Waals surface area contributed by atoms with E-state index in [1.807, 2.05) is 13.0 Å². The van der Waals surface area contributed by atoms with E-state index in [2.05, 4.69) is 13.8 Å². The van der Waals surface area contributed by atoms with E-state index in [9.17, 15) is 24.6 Å². The molecule has 146 valence electrons. The van der Waals surface area contributed by atoms with Crippen LogP contribution in [-0.2, 0) is 14.4 Å². The number of fused-ring (bicyclic) bond motifs is 5. The van der Waals surface area contributed by atoms with Gasteiger partial charge in [-0.2, -0.15) is 0 Å². The maximum Gasteiger partial charge on any atom is 0.227 e. The zero-order valence-electron chi connectivity index (χ0n) is 16.1. The van der Waals surface area contributed by atoms with Gasteiger partial charge in [-0.3, -0.25) is 14.4 Å². The molecule has 0 aromatic heterocycles. The number of Topliss-reactive ketones (excluding diaryl/α,β-unsaturated/α-hetero) is 1. The van der Waals surface area contributed by atoms with Crippen LogP contribution in [0, 0.1) is 34.5 Å². The van der Waals surface area contributed by atoms with Crippen molar-refractivity contribution in [2.45, 2.75) is 58.2 Å². The summed E-state index contributed by atoms with van der Waals surface area (Å²) in [6.07, 6.45) is 6.83. The number of aliphatic hydroxyl groups is 2. The topological polar surface area (TPSA) is 91.7 Å². The van der Waals surface area contributed by atoms with Gasteiger partial charge in [0.1, 0.15) is 5.60 Å². The molecule has 0 aromatic rings. The number of hydrogen-bond donors (Lipinski definition) is 2. The molecular formula is C22H28O5. The minimum Gasteiger partial charge on any atom is -0.393 e. The summed E-state index contributed by atoms with van der Waals surface area (Å²) in [6.45, 7) is 6.07. The van der Waals surface area contributed by atoms with Gasteiger partial charge in [0.05, 0.1) is 6.10 Å². The van der Waals surface area contributed by atoms with Crippen molar-refractivity contribution in [2.24, 2.45) is 34.5 Å². The average Bonchev–Trinajstić information content (AvgIpc) is 2.87. The van der Waals surface area contributed by atoms with E-state index in [-0.39, 0.29) is 48.6 Å². The third kappa shape index (κ3) is 2.21. The molecule has 3 fully saturated rings. The maximum absolute atomic E-state index is 12.3. The van der Waals surface area contributed by atoms with E-state index in [1.165, 1.54) is 0 Å². The Morgan fingerprint density at radius 3 is 2.70 bits per heavy atom. The Balaban J connectivity index is 1.79. The summed E-state index contributed by atoms with van der Waals surface area (Å²) < 4.78 is 0. The SMILES string of the molecule is C[C@@H]1C[C@@H]2C([C@@H](O)C[C@@]3(C)[C@@H]2CC[C@@]3(O)C(=O)C=O)[C@@]2(C)C=CC(=O)C=C12. The molecule has 5 nitrogen and oxygen atoms in total. The number of aldehydes is 1. The van der Waals surface area contributed by atoms with Crippen molar-refractivity contribution in [1.82, 2.24) is 0 Å². The van der Waals surface area contributed by atoms with Gasteiger partial charge in [-0.25, -0.2) is 0 Å². The number of hydrogen-bond acceptors (Lipinski definition) is 5. The van der Waals surface area contributed by atoms with E-state index < -0.39 is 28.3 Å². The first-order chi connectivity index (χ1) is 12.6. The lowest BCUT2D eigenvalue weighted by atomic mass is 9.45. The normalized spacial score (nSPS) is 51.1. The van der Waals surface area contributed by atoms with Crippen LogP contribution in [0.2, 0.25) is 0 Å². The molecule has 4 aliphatic rings. The maximum atomic E-state index is 12.3. The standard InChI is InChI=1S/C22H28O5/c1-12-8-14-15-5-7-22(27,18(26)11-23)21(15,3)10-17(25)19(14)20(2)6-4-13(24)9-16(12)20/h4,6,9,11-12,14-15,17,19,25,27H,5,7-8,10H2,1-3H3/t12-,14+,15-,17+,19?,20+,21+,22-/m1/s1. The summed E-state index contributed by atoms with van der Waals surface area (Å²) in [7, 11) is 0. The lowest BCUT2D eigenvalue weighted by Gasteiger charge is -2.60. The molecule has 2 N–H and O–H groups in total. The van der Waals surface area contributed by atoms with Crippen molar-refractivity contribution >= 4 is 17.9 Å². The van der Waals surface area contributed by atoms with Gasteiger partial charge in [0.2, 0.25) is 5.78 Å². The van der Waals surface area contributed by atoms with Crippen LogP contribution in [0.3, 0.4) is 0 Å². The Hall–Kier alpha value is -1.59. The molecule has 0 radical (unpaired) electrons. The highest BCUT2D eigenvalue weighted by molar-refractivity contribution is 6.29. The summed E-state index contributed by atoms with van der Waals surface area (Å²) in [6, 6.07) is 0. The second-order valence-corrected chi connectivity index (χ2v) is 9.62. The molecule has 4 rings (SSSR count). The number of rotatable bonds is 2. The lowest BCUT2D eigenvalue weighted by Crippen LogP contribution is -2.62. The second-order valence-electron chi connectivity index (χ2n) is 9.62. The Kier molecular flexibility index (Phi) is 3.97. The largest absolute Gasteiger partial charge is 0.393 e. The van der Waals surface area contributed by atoms with Crippen LogP contribution in [0.1, 0.15) is 46.5 Å². The monoisotopic (exact) mass is 372 g/mol. The number of ketones is 2. The summed E-state index contributed by atoms with van der Waals surface area (Å²) in [5.41, 5.74) is -1.82. The van der Waals surface area contributed by atoms with Crippen molar-refractivity contribution in [3.05, 3.63) is 23.8 Å². The van der Waals surface area contributed by atoms with Crippen LogP contribution in [0.25, 0.3) is 0 Å². The Bertz CT molecular complexity index is 782. The smallest absolute Gasteiger partial charge is 0.227 e. The van der Waals surface area contributed by atoms with Gasteiger partial charge >= 0.3 is 0 Å². The minimum absolute atomic E-state index is 0.00488. The summed E-state index contributed by atoms with van der Waals surface area (Å²) >= 11 is 0. The van der Waals surface area contributed by atoms with Gasteiger partial charge in [0.15, 0.2) is 12.1 Å². The fraction of sp³-hybridized carbons (Fsp3) is 0.682. The molecule has 5 heteroatoms. The van der Waals surface area contributed by atoms with Crippen LogP contribution in [0.5, 0.6) is 0 Å². The molecule has 1 unspecified atom stereocenters. The molecule has 8 atom stereocenters. The molecule has 0 heterocycles. The van der Waals surface area contributed by atoms with E-state index in [0.717, 1.165) is 12.0 Å². The van der Waals surface area contributed by atoms with Gasteiger partial charge in [0, 0.05) is 16.7 Å². The zero-order valence-corrected chi connectivity index (χ0v) is 16.1. The van der Waals surface area contributed by atoms with Crippen LogP contribution in [-0.4, -0.2) is 39.8 Å². The van der Waals surface area contributed by atoms with Crippen LogP contribution in [0.4, 0.5) is 0 Å². The van der Waals surface area contributed by atoms with E-state index in [1.54, 1.807) is 12.2 Å². The predicted molar refractivity (Wildman–Crippen MR) is 98.6 cm³/mol. The van der Waals surface area contributed by atoms with Crippen molar-refractivity contribution in [1.29, 1.82) is 0 Å². The van der Waals surface area contributed by atoms with Crippen molar-refractivity contribution in [3.63, 3.8) is 0 Å². The highest BCUT2D eigenvalue weighted by atomic mass is 16.3. The number of carbonyl (C=O) groups is 3. The van der Waals surface area contributed by atoms with Gasteiger partial charge in [-0.05, 0) is 55.6 Å². The molecule has 3 saturated carbocycles. The predicted octanol–water partition coefficient (Wildman–Crippen LogP) is 2.01. The molecular weight excluding hydrogens is 344 g/mol. The highest BCUT2D eigenvalue weighted by Crippen LogP contribution is 2.67. The Labute approximate surface area is 159 Å². The number of allylic oxidation sites excluding steroid dienone is 4. The Morgan fingerprint density at radius 1 is 1.33 bits per heavy atom. The summed E-state index contributed by atoms with van der Waals surface area (Å²) in [5.74, 6) is -0.452. The minimum atomic E-state index is -1.69. The van der Waals surface area contributed by atoms with Gasteiger partial charge in [0.25, 0.3) is 0 Å². The summed E-state index contributed by atoms with van der Waals surface area (Å²) in [4.78, 5) is 35.4. The first-order valence-corrected chi connectivity index (χ1v) is 9.94. The average molecular weight is 372 g/mol. The van der Waals surface area contributed by atoms with Crippen LogP contribution in [0.15, 0.2) is 23.8 Å². The van der Waals surface area contributed by atoms with Crippen molar-refractivity contribution < 1.29 is 24.6 Å². The molecule has 0 aromatic carbocycles. The first-order valence-electron chi connectivity index (χ1n) is 9.94. The molecule has 0 amide bonds. The molecule has 4 aliphatic carbocycles. The lowest BCUT2D eigenvalue weighted by molar-refractivity contribution is -0.178. The molecule has 27 heavy (non-hydrogen) atoms.